The zero-order valence-corrected chi connectivity index (χ0v) is 9.61. The fraction of sp³-hybridized carbons (Fsp3) is 0.364. The van der Waals surface area contributed by atoms with Gasteiger partial charge in [0.2, 0.25) is 0 Å². The Hall–Kier alpha value is -0.570. The molecule has 4 heteroatoms. The highest BCUT2D eigenvalue weighted by Crippen LogP contribution is 2.29. The molecule has 1 aromatic rings. The average molecular weight is 244 g/mol. The van der Waals surface area contributed by atoms with E-state index in [1.54, 1.807) is 18.2 Å². The van der Waals surface area contributed by atoms with E-state index < -0.39 is 0 Å². The number of rotatable bonds is 1. The van der Waals surface area contributed by atoms with Gasteiger partial charge in [-0.3, -0.25) is 4.79 Å². The molecule has 2 nitrogen and oxygen atoms in total. The highest BCUT2D eigenvalue weighted by atomic mass is 35.5. The third-order valence-corrected chi connectivity index (χ3v) is 3.20. The molecule has 80 valence electrons. The van der Waals surface area contributed by atoms with Crippen molar-refractivity contribution in [3.8, 4) is 0 Å². The van der Waals surface area contributed by atoms with Crippen molar-refractivity contribution in [1.29, 1.82) is 0 Å². The Bertz CT molecular complexity index is 392. The van der Waals surface area contributed by atoms with Crippen LogP contribution >= 0.6 is 23.2 Å². The number of hydrogen-bond acceptors (Lipinski definition) is 2. The normalized spacial score (nSPS) is 21.7. The quantitative estimate of drug-likeness (QED) is 0.822. The lowest BCUT2D eigenvalue weighted by atomic mass is 9.90. The first-order chi connectivity index (χ1) is 7.18. The van der Waals surface area contributed by atoms with Gasteiger partial charge in [0.05, 0.1) is 5.92 Å². The van der Waals surface area contributed by atoms with Gasteiger partial charge >= 0.3 is 0 Å². The molecule has 0 aliphatic carbocycles. The predicted octanol–water partition coefficient (Wildman–Crippen LogP) is 2.64. The minimum absolute atomic E-state index is 0.148. The molecule has 1 unspecified atom stereocenters. The summed E-state index contributed by atoms with van der Waals surface area (Å²) in [5.41, 5.74) is 0.835. The lowest BCUT2D eigenvalue weighted by Gasteiger charge is -2.22. The molecule has 0 aromatic heterocycles. The first kappa shape index (κ1) is 10.9. The van der Waals surface area contributed by atoms with Crippen LogP contribution in [0.5, 0.6) is 0 Å². The molecule has 15 heavy (non-hydrogen) atoms. The van der Waals surface area contributed by atoms with E-state index in [-0.39, 0.29) is 11.7 Å². The third kappa shape index (κ3) is 2.33. The van der Waals surface area contributed by atoms with Crippen LogP contribution in [0.3, 0.4) is 0 Å². The van der Waals surface area contributed by atoms with Crippen LogP contribution in [0.25, 0.3) is 0 Å². The number of ketones is 1. The van der Waals surface area contributed by atoms with Gasteiger partial charge in [0.25, 0.3) is 0 Å². The summed E-state index contributed by atoms with van der Waals surface area (Å²) in [5.74, 6) is 0.0860. The molecular weight excluding hydrogens is 233 g/mol. The second kappa shape index (κ2) is 4.52. The molecule has 1 aliphatic rings. The zero-order valence-electron chi connectivity index (χ0n) is 8.09. The van der Waals surface area contributed by atoms with E-state index in [1.165, 1.54) is 0 Å². The van der Waals surface area contributed by atoms with Crippen molar-refractivity contribution in [2.75, 3.05) is 13.1 Å². The molecule has 1 fully saturated rings. The van der Waals surface area contributed by atoms with Gasteiger partial charge in [-0.1, -0.05) is 23.2 Å². The number of carbonyl (C=O) groups excluding carboxylic acids is 1. The highest BCUT2D eigenvalue weighted by molar-refractivity contribution is 6.33. The van der Waals surface area contributed by atoms with E-state index in [1.807, 2.05) is 0 Å². The van der Waals surface area contributed by atoms with Crippen LogP contribution in [0.2, 0.25) is 10.0 Å². The molecule has 0 saturated carbocycles. The fourth-order valence-electron chi connectivity index (χ4n) is 1.81. The number of Topliss-reactive ketones (excluding diaryl/α,β-unsaturated/α-hetero) is 1. The molecule has 0 radical (unpaired) electrons. The third-order valence-electron chi connectivity index (χ3n) is 2.62. The number of hydrogen-bond donors (Lipinski definition) is 1. The summed E-state index contributed by atoms with van der Waals surface area (Å²) in [5, 5.41) is 4.42. The van der Waals surface area contributed by atoms with Gasteiger partial charge in [0, 0.05) is 29.6 Å². The molecule has 2 rings (SSSR count). The van der Waals surface area contributed by atoms with Gasteiger partial charge in [0.1, 0.15) is 5.78 Å². The lowest BCUT2D eigenvalue weighted by Crippen LogP contribution is -2.35. The zero-order chi connectivity index (χ0) is 10.8. The first-order valence-corrected chi connectivity index (χ1v) is 5.62. The van der Waals surface area contributed by atoms with Gasteiger partial charge in [-0.2, -0.15) is 0 Å². The molecule has 1 aromatic carbocycles. The highest BCUT2D eigenvalue weighted by Gasteiger charge is 2.25. The van der Waals surface area contributed by atoms with Crippen molar-refractivity contribution >= 4 is 29.0 Å². The molecule has 0 bridgehead atoms. The predicted molar refractivity (Wildman–Crippen MR) is 61.7 cm³/mol. The Morgan fingerprint density at radius 1 is 1.33 bits per heavy atom. The van der Waals surface area contributed by atoms with Crippen LogP contribution in [-0.4, -0.2) is 18.9 Å². The van der Waals surface area contributed by atoms with E-state index in [9.17, 15) is 4.79 Å². The van der Waals surface area contributed by atoms with Gasteiger partial charge in [-0.15, -0.1) is 0 Å². The van der Waals surface area contributed by atoms with Gasteiger partial charge in [-0.05, 0) is 23.8 Å². The minimum Gasteiger partial charge on any atom is -0.315 e. The molecule has 1 aliphatic heterocycles. The Kier molecular flexibility index (Phi) is 3.29. The number of halogens is 2. The topological polar surface area (TPSA) is 29.1 Å². The summed E-state index contributed by atoms with van der Waals surface area (Å²) in [7, 11) is 0. The smallest absolute Gasteiger partial charge is 0.142 e. The summed E-state index contributed by atoms with van der Waals surface area (Å²) in [6.45, 7) is 1.41. The summed E-state index contributed by atoms with van der Waals surface area (Å²) in [6.07, 6.45) is 0.563. The minimum atomic E-state index is -0.148. The fourth-order valence-corrected chi connectivity index (χ4v) is 2.24. The summed E-state index contributed by atoms with van der Waals surface area (Å²) in [6, 6.07) is 5.24. The summed E-state index contributed by atoms with van der Waals surface area (Å²) >= 11 is 11.9. The molecule has 1 N–H and O–H groups in total. The summed E-state index contributed by atoms with van der Waals surface area (Å²) in [4.78, 5) is 11.7. The molecule has 1 atom stereocenters. The van der Waals surface area contributed by atoms with Crippen molar-refractivity contribution in [1.82, 2.24) is 5.32 Å². The van der Waals surface area contributed by atoms with Crippen molar-refractivity contribution in [3.05, 3.63) is 33.8 Å². The van der Waals surface area contributed by atoms with E-state index in [2.05, 4.69) is 5.32 Å². The van der Waals surface area contributed by atoms with Crippen molar-refractivity contribution in [3.63, 3.8) is 0 Å². The Labute approximate surface area is 98.6 Å². The van der Waals surface area contributed by atoms with Crippen LogP contribution in [0.1, 0.15) is 17.9 Å². The van der Waals surface area contributed by atoms with Crippen LogP contribution < -0.4 is 5.32 Å². The number of nitrogens with one attached hydrogen (secondary N) is 1. The number of piperidine rings is 1. The Morgan fingerprint density at radius 3 is 2.87 bits per heavy atom. The standard InChI is InChI=1S/C11H11Cl2NO/c12-7-1-2-10(13)8(5-7)9-6-14-4-3-11(9)15/h1-2,5,9,14H,3-4,6H2. The lowest BCUT2D eigenvalue weighted by molar-refractivity contribution is -0.121. The second-order valence-corrected chi connectivity index (χ2v) is 4.48. The van der Waals surface area contributed by atoms with E-state index in [4.69, 9.17) is 23.2 Å². The van der Waals surface area contributed by atoms with Crippen molar-refractivity contribution < 1.29 is 4.79 Å². The largest absolute Gasteiger partial charge is 0.315 e. The molecule has 0 spiro atoms. The van der Waals surface area contributed by atoms with Crippen LogP contribution in [0.4, 0.5) is 0 Å². The van der Waals surface area contributed by atoms with Crippen molar-refractivity contribution in [2.24, 2.45) is 0 Å². The average Bonchev–Trinajstić information content (AvgIpc) is 2.23. The van der Waals surface area contributed by atoms with Crippen LogP contribution in [-0.2, 0) is 4.79 Å². The second-order valence-electron chi connectivity index (χ2n) is 3.64. The molecule has 0 amide bonds. The summed E-state index contributed by atoms with van der Waals surface area (Å²) < 4.78 is 0. The maximum Gasteiger partial charge on any atom is 0.142 e. The maximum atomic E-state index is 11.7. The maximum absolute atomic E-state index is 11.7. The van der Waals surface area contributed by atoms with Gasteiger partial charge < -0.3 is 5.32 Å². The van der Waals surface area contributed by atoms with Crippen LogP contribution in [0, 0.1) is 0 Å². The van der Waals surface area contributed by atoms with E-state index in [0.717, 1.165) is 12.1 Å². The Morgan fingerprint density at radius 2 is 2.13 bits per heavy atom. The number of carbonyl (C=O) groups is 1. The monoisotopic (exact) mass is 243 g/mol. The molecule has 1 saturated heterocycles. The number of benzene rings is 1. The van der Waals surface area contributed by atoms with Gasteiger partial charge in [-0.25, -0.2) is 0 Å². The molecular formula is C11H11Cl2NO. The molecule has 1 heterocycles. The van der Waals surface area contributed by atoms with Crippen molar-refractivity contribution in [2.45, 2.75) is 12.3 Å². The SMILES string of the molecule is O=C1CCNCC1c1cc(Cl)ccc1Cl. The van der Waals surface area contributed by atoms with Crippen LogP contribution in [0.15, 0.2) is 18.2 Å². The van der Waals surface area contributed by atoms with E-state index in [0.29, 0.717) is 23.0 Å². The van der Waals surface area contributed by atoms with Gasteiger partial charge in [0.15, 0.2) is 0 Å². The first-order valence-electron chi connectivity index (χ1n) is 4.87. The van der Waals surface area contributed by atoms with E-state index >= 15 is 0 Å². The Balaban J connectivity index is 2.34.